The van der Waals surface area contributed by atoms with Crippen LogP contribution in [0.5, 0.6) is 0 Å². The summed E-state index contributed by atoms with van der Waals surface area (Å²) in [5, 5.41) is 0. The first-order valence-electron chi connectivity index (χ1n) is 7.24. The third-order valence-corrected chi connectivity index (χ3v) is 5.10. The van der Waals surface area contributed by atoms with Gasteiger partial charge < -0.3 is 5.73 Å². The van der Waals surface area contributed by atoms with E-state index in [4.69, 9.17) is 5.73 Å². The second kappa shape index (κ2) is 4.34. The van der Waals surface area contributed by atoms with Crippen molar-refractivity contribution in [1.29, 1.82) is 0 Å². The predicted molar refractivity (Wildman–Crippen MR) is 67.6 cm³/mol. The summed E-state index contributed by atoms with van der Waals surface area (Å²) in [6.07, 6.45) is 8.17. The average Bonchev–Trinajstić information content (AvgIpc) is 2.89. The molecule has 0 radical (unpaired) electrons. The van der Waals surface area contributed by atoms with Crippen LogP contribution in [0.15, 0.2) is 0 Å². The van der Waals surface area contributed by atoms with Crippen LogP contribution < -0.4 is 5.73 Å². The van der Waals surface area contributed by atoms with E-state index in [1.807, 2.05) is 0 Å². The first kappa shape index (κ1) is 12.2. The van der Waals surface area contributed by atoms with E-state index in [0.29, 0.717) is 6.42 Å². The number of hydrogen-bond acceptors (Lipinski definition) is 3. The molecule has 0 aromatic heterocycles. The van der Waals surface area contributed by atoms with Crippen LogP contribution in [0.1, 0.15) is 57.8 Å². The molecule has 4 nitrogen and oxygen atoms in total. The largest absolute Gasteiger partial charge is 0.328 e. The van der Waals surface area contributed by atoms with Gasteiger partial charge in [0.15, 0.2) is 0 Å². The third kappa shape index (κ3) is 1.78. The summed E-state index contributed by atoms with van der Waals surface area (Å²) < 4.78 is 0. The first-order chi connectivity index (χ1) is 8.62. The molecule has 3 aliphatic rings. The van der Waals surface area contributed by atoms with E-state index in [-0.39, 0.29) is 29.3 Å². The van der Waals surface area contributed by atoms with Gasteiger partial charge in [-0.05, 0) is 38.5 Å². The van der Waals surface area contributed by atoms with Gasteiger partial charge in [-0.2, -0.15) is 0 Å². The fourth-order valence-corrected chi connectivity index (χ4v) is 3.99. The maximum atomic E-state index is 12.6. The van der Waals surface area contributed by atoms with Gasteiger partial charge in [-0.1, -0.05) is 12.8 Å². The molecule has 2 amide bonds. The second-order valence-corrected chi connectivity index (χ2v) is 6.30. The summed E-state index contributed by atoms with van der Waals surface area (Å²) in [6.45, 7) is 0. The summed E-state index contributed by atoms with van der Waals surface area (Å²) in [7, 11) is 0. The van der Waals surface area contributed by atoms with Gasteiger partial charge >= 0.3 is 0 Å². The minimum absolute atomic E-state index is 0.0716. The molecule has 1 saturated heterocycles. The molecule has 0 aromatic rings. The van der Waals surface area contributed by atoms with Crippen LogP contribution in [0, 0.1) is 5.41 Å². The molecular formula is C14H22N2O2. The van der Waals surface area contributed by atoms with Crippen LogP contribution in [0.4, 0.5) is 0 Å². The number of hydrogen-bond donors (Lipinski definition) is 1. The third-order valence-electron chi connectivity index (χ3n) is 5.10. The van der Waals surface area contributed by atoms with Gasteiger partial charge in [0.1, 0.15) is 0 Å². The zero-order valence-corrected chi connectivity index (χ0v) is 10.9. The highest BCUT2D eigenvalue weighted by Gasteiger charge is 2.54. The Morgan fingerprint density at radius 3 is 2.28 bits per heavy atom. The van der Waals surface area contributed by atoms with Crippen LogP contribution >= 0.6 is 0 Å². The molecule has 1 aliphatic heterocycles. The molecule has 4 heteroatoms. The molecular weight excluding hydrogens is 228 g/mol. The van der Waals surface area contributed by atoms with Crippen molar-refractivity contribution >= 4 is 11.8 Å². The zero-order chi connectivity index (χ0) is 12.8. The van der Waals surface area contributed by atoms with Crippen LogP contribution in [0.25, 0.3) is 0 Å². The topological polar surface area (TPSA) is 63.4 Å². The Morgan fingerprint density at radius 2 is 1.67 bits per heavy atom. The van der Waals surface area contributed by atoms with Crippen molar-refractivity contribution in [3.8, 4) is 0 Å². The number of imide groups is 1. The Hall–Kier alpha value is -0.900. The minimum atomic E-state index is -0.309. The number of nitrogens with two attached hydrogens (primary N) is 1. The van der Waals surface area contributed by atoms with Gasteiger partial charge in [0, 0.05) is 18.5 Å². The van der Waals surface area contributed by atoms with Crippen LogP contribution in [-0.2, 0) is 9.59 Å². The van der Waals surface area contributed by atoms with Crippen molar-refractivity contribution in [3.63, 3.8) is 0 Å². The van der Waals surface area contributed by atoms with Gasteiger partial charge in [-0.15, -0.1) is 0 Å². The summed E-state index contributed by atoms with van der Waals surface area (Å²) in [4.78, 5) is 26.4. The number of carbonyl (C=O) groups excluding carboxylic acids is 2. The Bertz CT molecular complexity index is 366. The van der Waals surface area contributed by atoms with Crippen molar-refractivity contribution in [2.24, 2.45) is 11.1 Å². The maximum Gasteiger partial charge on any atom is 0.236 e. The van der Waals surface area contributed by atoms with Crippen molar-refractivity contribution in [2.45, 2.75) is 69.9 Å². The van der Waals surface area contributed by atoms with E-state index in [1.165, 1.54) is 0 Å². The number of nitrogens with zero attached hydrogens (tertiary/aromatic N) is 1. The fourth-order valence-electron chi connectivity index (χ4n) is 3.99. The highest BCUT2D eigenvalue weighted by Crippen LogP contribution is 2.48. The number of likely N-dealkylation sites (tertiary alicyclic amines) is 1. The summed E-state index contributed by atoms with van der Waals surface area (Å²) in [6, 6.07) is 0.388. The molecule has 2 aliphatic carbocycles. The average molecular weight is 250 g/mol. The van der Waals surface area contributed by atoms with Gasteiger partial charge in [-0.3, -0.25) is 14.5 Å². The Kier molecular flexibility index (Phi) is 2.93. The minimum Gasteiger partial charge on any atom is -0.328 e. The van der Waals surface area contributed by atoms with Crippen molar-refractivity contribution in [2.75, 3.05) is 0 Å². The standard InChI is InChI=1S/C14H22N2O2/c15-10-3-5-11(6-4-10)16-12(17)9-14(13(16)18)7-1-2-8-14/h10-11H,1-9,15H2. The van der Waals surface area contributed by atoms with E-state index in [9.17, 15) is 9.59 Å². The Morgan fingerprint density at radius 1 is 1.06 bits per heavy atom. The normalized spacial score (nSPS) is 35.7. The Labute approximate surface area is 108 Å². The molecule has 0 atom stereocenters. The molecule has 2 N–H and O–H groups in total. The van der Waals surface area contributed by atoms with Crippen molar-refractivity contribution in [1.82, 2.24) is 4.90 Å². The molecule has 18 heavy (non-hydrogen) atoms. The van der Waals surface area contributed by atoms with E-state index in [1.54, 1.807) is 4.90 Å². The van der Waals surface area contributed by atoms with Crippen LogP contribution in [0.2, 0.25) is 0 Å². The molecule has 0 bridgehead atoms. The first-order valence-corrected chi connectivity index (χ1v) is 7.24. The van der Waals surface area contributed by atoms with Gasteiger partial charge in [0.25, 0.3) is 0 Å². The monoisotopic (exact) mass is 250 g/mol. The molecule has 1 spiro atoms. The quantitative estimate of drug-likeness (QED) is 0.719. The molecule has 0 unspecified atom stereocenters. The van der Waals surface area contributed by atoms with Crippen LogP contribution in [0.3, 0.4) is 0 Å². The maximum absolute atomic E-state index is 12.6. The van der Waals surface area contributed by atoms with E-state index in [2.05, 4.69) is 0 Å². The molecule has 3 rings (SSSR count). The molecule has 2 saturated carbocycles. The second-order valence-electron chi connectivity index (χ2n) is 6.30. The SMILES string of the molecule is NC1CCC(N2C(=O)CC3(CCCC3)C2=O)CC1. The molecule has 100 valence electrons. The molecule has 1 heterocycles. The summed E-state index contributed by atoms with van der Waals surface area (Å²) >= 11 is 0. The summed E-state index contributed by atoms with van der Waals surface area (Å²) in [5.41, 5.74) is 5.58. The van der Waals surface area contributed by atoms with E-state index < -0.39 is 0 Å². The number of rotatable bonds is 1. The lowest BCUT2D eigenvalue weighted by molar-refractivity contribution is -0.144. The van der Waals surface area contributed by atoms with Gasteiger partial charge in [0.05, 0.1) is 5.41 Å². The zero-order valence-electron chi connectivity index (χ0n) is 10.9. The van der Waals surface area contributed by atoms with E-state index >= 15 is 0 Å². The lowest BCUT2D eigenvalue weighted by Crippen LogP contribution is -2.45. The highest BCUT2D eigenvalue weighted by atomic mass is 16.2. The molecule has 0 aromatic carbocycles. The Balaban J connectivity index is 1.76. The molecule has 3 fully saturated rings. The summed E-state index contributed by atoms with van der Waals surface area (Å²) in [5.74, 6) is 0.202. The smallest absolute Gasteiger partial charge is 0.236 e. The lowest BCUT2D eigenvalue weighted by atomic mass is 9.84. The van der Waals surface area contributed by atoms with E-state index in [0.717, 1.165) is 51.4 Å². The number of amides is 2. The predicted octanol–water partition coefficient (Wildman–Crippen LogP) is 1.58. The van der Waals surface area contributed by atoms with Gasteiger partial charge in [0.2, 0.25) is 11.8 Å². The van der Waals surface area contributed by atoms with Crippen molar-refractivity contribution in [3.05, 3.63) is 0 Å². The van der Waals surface area contributed by atoms with Crippen LogP contribution in [-0.4, -0.2) is 28.8 Å². The lowest BCUT2D eigenvalue weighted by Gasteiger charge is -2.33. The van der Waals surface area contributed by atoms with Crippen molar-refractivity contribution < 1.29 is 9.59 Å². The fraction of sp³-hybridized carbons (Fsp3) is 0.857. The van der Waals surface area contributed by atoms with Gasteiger partial charge in [-0.25, -0.2) is 0 Å². The number of carbonyl (C=O) groups is 2. The highest BCUT2D eigenvalue weighted by molar-refractivity contribution is 6.06.